The minimum Gasteiger partial charge on any atom is -0.449 e. The molecular formula is C18H26N2O3. The molecule has 1 aromatic rings. The lowest BCUT2D eigenvalue weighted by Gasteiger charge is -2.28. The molecule has 0 bridgehead atoms. The Morgan fingerprint density at radius 2 is 2.04 bits per heavy atom. The first-order valence-corrected chi connectivity index (χ1v) is 8.36. The van der Waals surface area contributed by atoms with Gasteiger partial charge in [0.25, 0.3) is 0 Å². The molecule has 1 heterocycles. The molecule has 0 aromatic heterocycles. The fraction of sp³-hybridized carbons (Fsp3) is 0.556. The van der Waals surface area contributed by atoms with Crippen LogP contribution in [0.2, 0.25) is 0 Å². The molecular weight excluding hydrogens is 292 g/mol. The summed E-state index contributed by atoms with van der Waals surface area (Å²) in [6.07, 6.45) is 3.15. The summed E-state index contributed by atoms with van der Waals surface area (Å²) in [6, 6.07) is 7.12. The Balaban J connectivity index is 1.93. The van der Waals surface area contributed by atoms with E-state index in [2.05, 4.69) is 17.3 Å². The molecule has 0 aliphatic carbocycles. The number of hydrogen-bond acceptors (Lipinski definition) is 4. The van der Waals surface area contributed by atoms with Crippen molar-refractivity contribution in [2.75, 3.05) is 32.1 Å². The normalized spacial score (nSPS) is 16.1. The van der Waals surface area contributed by atoms with Gasteiger partial charge >= 0.3 is 6.09 Å². The lowest BCUT2D eigenvalue weighted by Crippen LogP contribution is -2.33. The number of likely N-dealkylation sites (tertiary alicyclic amines) is 1. The van der Waals surface area contributed by atoms with Crippen LogP contribution in [0.25, 0.3) is 0 Å². The Kier molecular flexibility index (Phi) is 6.59. The van der Waals surface area contributed by atoms with Gasteiger partial charge in [-0.15, -0.1) is 0 Å². The van der Waals surface area contributed by atoms with Gasteiger partial charge in [-0.1, -0.05) is 25.5 Å². The highest BCUT2D eigenvalue weighted by Gasteiger charge is 2.24. The Morgan fingerprint density at radius 1 is 1.30 bits per heavy atom. The van der Waals surface area contributed by atoms with E-state index in [1.165, 1.54) is 0 Å². The number of carbonyl (C=O) groups excluding carboxylic acids is 2. The van der Waals surface area contributed by atoms with Gasteiger partial charge in [0, 0.05) is 17.2 Å². The summed E-state index contributed by atoms with van der Waals surface area (Å²) < 4.78 is 5.07. The zero-order valence-electron chi connectivity index (χ0n) is 14.0. The van der Waals surface area contributed by atoms with Crippen molar-refractivity contribution in [1.29, 1.82) is 0 Å². The average Bonchev–Trinajstić information content (AvgIpc) is 2.55. The Hall–Kier alpha value is -1.88. The monoisotopic (exact) mass is 318 g/mol. The zero-order chi connectivity index (χ0) is 16.7. The van der Waals surface area contributed by atoms with E-state index in [0.717, 1.165) is 38.8 Å². The van der Waals surface area contributed by atoms with Crippen molar-refractivity contribution in [2.24, 2.45) is 5.92 Å². The smallest absolute Gasteiger partial charge is 0.411 e. The third-order valence-corrected chi connectivity index (χ3v) is 4.21. The molecule has 1 amide bonds. The molecule has 5 heteroatoms. The van der Waals surface area contributed by atoms with Crippen molar-refractivity contribution in [3.05, 3.63) is 29.8 Å². The van der Waals surface area contributed by atoms with Crippen molar-refractivity contribution < 1.29 is 14.3 Å². The predicted octanol–water partition coefficient (Wildman–Crippen LogP) is 3.56. The molecule has 23 heavy (non-hydrogen) atoms. The SMILES string of the molecule is CCCCOC(=O)Nc1cccc(C(=O)C2CCN(C)CC2)c1. The summed E-state index contributed by atoms with van der Waals surface area (Å²) in [6.45, 7) is 4.37. The Bertz CT molecular complexity index is 537. The fourth-order valence-electron chi connectivity index (χ4n) is 2.72. The number of unbranched alkanes of at least 4 members (excludes halogenated alkanes) is 1. The molecule has 5 nitrogen and oxygen atoms in total. The second kappa shape index (κ2) is 8.67. The highest BCUT2D eigenvalue weighted by atomic mass is 16.5. The second-order valence-electron chi connectivity index (χ2n) is 6.14. The molecule has 0 spiro atoms. The number of anilines is 1. The molecule has 1 aliphatic rings. The lowest BCUT2D eigenvalue weighted by molar-refractivity contribution is 0.0856. The number of piperidine rings is 1. The van der Waals surface area contributed by atoms with E-state index in [-0.39, 0.29) is 11.7 Å². The number of nitrogens with one attached hydrogen (secondary N) is 1. The number of nitrogens with zero attached hydrogens (tertiary/aromatic N) is 1. The predicted molar refractivity (Wildman–Crippen MR) is 90.9 cm³/mol. The van der Waals surface area contributed by atoms with Crippen molar-refractivity contribution in [1.82, 2.24) is 4.90 Å². The molecule has 0 unspecified atom stereocenters. The summed E-state index contributed by atoms with van der Waals surface area (Å²) in [4.78, 5) is 26.5. The number of rotatable bonds is 6. The number of Topliss-reactive ketones (excluding diaryl/α,β-unsaturated/α-hetero) is 1. The largest absolute Gasteiger partial charge is 0.449 e. The first-order chi connectivity index (χ1) is 11.1. The summed E-state index contributed by atoms with van der Waals surface area (Å²) >= 11 is 0. The second-order valence-corrected chi connectivity index (χ2v) is 6.14. The molecule has 1 saturated heterocycles. The van der Waals surface area contributed by atoms with Crippen molar-refractivity contribution in [3.8, 4) is 0 Å². The van der Waals surface area contributed by atoms with Crippen LogP contribution >= 0.6 is 0 Å². The fourth-order valence-corrected chi connectivity index (χ4v) is 2.72. The number of ketones is 1. The lowest BCUT2D eigenvalue weighted by atomic mass is 9.89. The molecule has 0 radical (unpaired) electrons. The van der Waals surface area contributed by atoms with Crippen LogP contribution in [0.3, 0.4) is 0 Å². The van der Waals surface area contributed by atoms with Gasteiger partial charge in [-0.25, -0.2) is 4.79 Å². The van der Waals surface area contributed by atoms with Crippen LogP contribution in [0.15, 0.2) is 24.3 Å². The van der Waals surface area contributed by atoms with Gasteiger partial charge in [0.05, 0.1) is 6.61 Å². The highest BCUT2D eigenvalue weighted by Crippen LogP contribution is 2.22. The van der Waals surface area contributed by atoms with Crippen LogP contribution in [0.4, 0.5) is 10.5 Å². The van der Waals surface area contributed by atoms with Gasteiger partial charge in [0.1, 0.15) is 0 Å². The van der Waals surface area contributed by atoms with E-state index in [0.29, 0.717) is 17.9 Å². The molecule has 0 atom stereocenters. The Labute approximate surface area is 138 Å². The first kappa shape index (κ1) is 17.5. The van der Waals surface area contributed by atoms with E-state index >= 15 is 0 Å². The van der Waals surface area contributed by atoms with E-state index in [9.17, 15) is 9.59 Å². The third-order valence-electron chi connectivity index (χ3n) is 4.21. The van der Waals surface area contributed by atoms with Gasteiger partial charge in [0.15, 0.2) is 5.78 Å². The van der Waals surface area contributed by atoms with Gasteiger partial charge in [0.2, 0.25) is 0 Å². The summed E-state index contributed by atoms with van der Waals surface area (Å²) in [5, 5.41) is 2.68. The quantitative estimate of drug-likeness (QED) is 0.643. The van der Waals surface area contributed by atoms with Gasteiger partial charge in [-0.2, -0.15) is 0 Å². The third kappa shape index (κ3) is 5.36. The number of benzene rings is 1. The van der Waals surface area contributed by atoms with Crippen molar-refractivity contribution >= 4 is 17.6 Å². The maximum atomic E-state index is 12.6. The maximum Gasteiger partial charge on any atom is 0.411 e. The van der Waals surface area contributed by atoms with Crippen LogP contribution in [0, 0.1) is 5.92 Å². The van der Waals surface area contributed by atoms with Crippen LogP contribution in [0.5, 0.6) is 0 Å². The molecule has 1 aromatic carbocycles. The highest BCUT2D eigenvalue weighted by molar-refractivity contribution is 5.99. The van der Waals surface area contributed by atoms with Gasteiger partial charge in [-0.05, 0) is 51.5 Å². The number of hydrogen-bond donors (Lipinski definition) is 1. The standard InChI is InChI=1S/C18H26N2O3/c1-3-4-12-23-18(22)19-16-7-5-6-15(13-16)17(21)14-8-10-20(2)11-9-14/h5-7,13-14H,3-4,8-12H2,1-2H3,(H,19,22). The molecule has 2 rings (SSSR count). The topological polar surface area (TPSA) is 58.6 Å². The number of amides is 1. The van der Waals surface area contributed by atoms with E-state index < -0.39 is 6.09 Å². The van der Waals surface area contributed by atoms with Gasteiger partial charge < -0.3 is 9.64 Å². The molecule has 1 fully saturated rings. The minimum absolute atomic E-state index is 0.0814. The van der Waals surface area contributed by atoms with E-state index in [4.69, 9.17) is 4.74 Å². The van der Waals surface area contributed by atoms with E-state index in [1.54, 1.807) is 18.2 Å². The molecule has 1 N–H and O–H groups in total. The molecule has 126 valence electrons. The average molecular weight is 318 g/mol. The maximum absolute atomic E-state index is 12.6. The summed E-state index contributed by atoms with van der Waals surface area (Å²) in [5.74, 6) is 0.249. The van der Waals surface area contributed by atoms with Crippen LogP contribution in [-0.4, -0.2) is 43.5 Å². The van der Waals surface area contributed by atoms with Crippen LogP contribution in [-0.2, 0) is 4.74 Å². The van der Waals surface area contributed by atoms with E-state index in [1.807, 2.05) is 13.0 Å². The van der Waals surface area contributed by atoms with Gasteiger partial charge in [-0.3, -0.25) is 10.1 Å². The number of carbonyl (C=O) groups is 2. The molecule has 0 saturated carbocycles. The summed E-state index contributed by atoms with van der Waals surface area (Å²) in [5.41, 5.74) is 1.26. The van der Waals surface area contributed by atoms with Crippen molar-refractivity contribution in [3.63, 3.8) is 0 Å². The molecule has 1 aliphatic heterocycles. The van der Waals surface area contributed by atoms with Crippen LogP contribution < -0.4 is 5.32 Å². The first-order valence-electron chi connectivity index (χ1n) is 8.36. The van der Waals surface area contributed by atoms with Crippen molar-refractivity contribution in [2.45, 2.75) is 32.6 Å². The van der Waals surface area contributed by atoms with Crippen LogP contribution in [0.1, 0.15) is 43.0 Å². The number of ether oxygens (including phenoxy) is 1. The summed E-state index contributed by atoms with van der Waals surface area (Å²) in [7, 11) is 2.08. The minimum atomic E-state index is -0.470. The Morgan fingerprint density at radius 3 is 2.74 bits per heavy atom. The zero-order valence-corrected chi connectivity index (χ0v) is 14.0.